The minimum absolute atomic E-state index is 0.426. The number of aliphatic imine (C=N–C) groups is 1. The molecule has 0 amide bonds. The summed E-state index contributed by atoms with van der Waals surface area (Å²) in [5.41, 5.74) is 0. The summed E-state index contributed by atoms with van der Waals surface area (Å²) in [4.78, 5) is 6.71. The van der Waals surface area contributed by atoms with Gasteiger partial charge in [0.2, 0.25) is 0 Å². The molecule has 16 heavy (non-hydrogen) atoms. The van der Waals surface area contributed by atoms with Crippen molar-refractivity contribution in [2.24, 2.45) is 10.9 Å². The van der Waals surface area contributed by atoms with Gasteiger partial charge >= 0.3 is 0 Å². The Bertz CT molecular complexity index is 240. The van der Waals surface area contributed by atoms with E-state index in [1.165, 1.54) is 31.5 Å². The molecule has 1 heterocycles. The van der Waals surface area contributed by atoms with Crippen LogP contribution in [0, 0.1) is 5.92 Å². The zero-order chi connectivity index (χ0) is 12.1. The maximum atomic E-state index is 6.17. The molecule has 2 aliphatic rings. The summed E-state index contributed by atoms with van der Waals surface area (Å²) in [5, 5.41) is 0. The molecule has 1 saturated heterocycles. The van der Waals surface area contributed by atoms with Crippen LogP contribution in [0.4, 0.5) is 0 Å². The lowest BCUT2D eigenvalue weighted by atomic mass is 9.63. The number of likely N-dealkylation sites (tertiary alicyclic amines) is 1. The van der Waals surface area contributed by atoms with Gasteiger partial charge in [-0.25, -0.2) is 0 Å². The van der Waals surface area contributed by atoms with Crippen LogP contribution >= 0.6 is 0 Å². The molecule has 2 fully saturated rings. The molecule has 0 aromatic carbocycles. The lowest BCUT2D eigenvalue weighted by Gasteiger charge is -2.47. The number of fused-ring (bicyclic) bond motifs is 1. The second-order valence-corrected chi connectivity index (χ2v) is 4.62. The number of nitrogens with zero attached hydrogens (tertiary/aromatic N) is 2. The lowest BCUT2D eigenvalue weighted by molar-refractivity contribution is 0.161. The van der Waals surface area contributed by atoms with Crippen molar-refractivity contribution in [1.29, 1.82) is 0 Å². The van der Waals surface area contributed by atoms with Gasteiger partial charge < -0.3 is 4.90 Å². The van der Waals surface area contributed by atoms with Crippen LogP contribution in [0.1, 0.15) is 46.0 Å². The van der Waals surface area contributed by atoms with E-state index in [4.69, 9.17) is 7.85 Å². The molecular formula is C13H25BN2. The van der Waals surface area contributed by atoms with Crippen LogP contribution in [0.15, 0.2) is 4.99 Å². The van der Waals surface area contributed by atoms with Crippen molar-refractivity contribution in [3.63, 3.8) is 0 Å². The van der Waals surface area contributed by atoms with Crippen LogP contribution in [0.3, 0.4) is 0 Å². The van der Waals surface area contributed by atoms with Gasteiger partial charge in [0.25, 0.3) is 0 Å². The largest absolute Gasteiger partial charge is 0.360 e. The summed E-state index contributed by atoms with van der Waals surface area (Å²) >= 11 is 0. The van der Waals surface area contributed by atoms with Gasteiger partial charge in [-0.1, -0.05) is 32.5 Å². The van der Waals surface area contributed by atoms with E-state index in [2.05, 4.69) is 16.9 Å². The predicted molar refractivity (Wildman–Crippen MR) is 72.3 cm³/mol. The maximum absolute atomic E-state index is 6.17. The van der Waals surface area contributed by atoms with Crippen LogP contribution in [0.5, 0.6) is 0 Å². The minimum atomic E-state index is 0.426. The highest BCUT2D eigenvalue weighted by atomic mass is 15.2. The van der Waals surface area contributed by atoms with Crippen LogP contribution < -0.4 is 0 Å². The zero-order valence-electron chi connectivity index (χ0n) is 11.2. The van der Waals surface area contributed by atoms with Gasteiger partial charge in [0.05, 0.1) is 13.7 Å². The molecule has 3 unspecified atom stereocenters. The Morgan fingerprint density at radius 2 is 1.94 bits per heavy atom. The Morgan fingerprint density at radius 1 is 1.25 bits per heavy atom. The van der Waals surface area contributed by atoms with Crippen LogP contribution in [-0.4, -0.2) is 38.7 Å². The van der Waals surface area contributed by atoms with Gasteiger partial charge in [-0.05, 0) is 18.8 Å². The van der Waals surface area contributed by atoms with E-state index in [0.29, 0.717) is 17.8 Å². The molecule has 2 nitrogen and oxygen atoms in total. The van der Waals surface area contributed by atoms with E-state index in [1.54, 1.807) is 0 Å². The SMILES string of the molecule is CC.[B]C1CCCC2C1CCC(=NC)N2C. The highest BCUT2D eigenvalue weighted by Crippen LogP contribution is 2.40. The van der Waals surface area contributed by atoms with E-state index in [-0.39, 0.29) is 0 Å². The van der Waals surface area contributed by atoms with Gasteiger partial charge in [-0.3, -0.25) is 4.99 Å². The number of amidine groups is 1. The molecule has 3 atom stereocenters. The molecular weight excluding hydrogens is 195 g/mol. The van der Waals surface area contributed by atoms with Crippen molar-refractivity contribution < 1.29 is 0 Å². The van der Waals surface area contributed by atoms with Crippen LogP contribution in [0.2, 0.25) is 5.82 Å². The predicted octanol–water partition coefficient (Wildman–Crippen LogP) is 2.89. The van der Waals surface area contributed by atoms with Gasteiger partial charge in [-0.2, -0.15) is 0 Å². The van der Waals surface area contributed by atoms with Crippen molar-refractivity contribution in [2.75, 3.05) is 14.1 Å². The standard InChI is InChI=1S/C11H19BN2.C2H6/c1-13-11-7-6-8-9(12)4-3-5-10(8)14(11)2;1-2/h8-10H,3-7H2,1-2H3;1-2H3. The second kappa shape index (κ2) is 6.31. The zero-order valence-corrected chi connectivity index (χ0v) is 11.2. The molecule has 2 radical (unpaired) electrons. The Morgan fingerprint density at radius 3 is 2.56 bits per heavy atom. The molecule has 0 aromatic rings. The Balaban J connectivity index is 0.000000606. The average molecular weight is 220 g/mol. The first-order valence-electron chi connectivity index (χ1n) is 6.68. The molecule has 1 aliphatic heterocycles. The van der Waals surface area contributed by atoms with Crippen LogP contribution in [-0.2, 0) is 0 Å². The maximum Gasteiger partial charge on any atom is 0.0985 e. The van der Waals surface area contributed by atoms with E-state index in [1.807, 2.05) is 20.9 Å². The number of hydrogen-bond donors (Lipinski definition) is 0. The molecule has 3 heteroatoms. The van der Waals surface area contributed by atoms with Gasteiger partial charge in [-0.15, -0.1) is 0 Å². The van der Waals surface area contributed by atoms with E-state index >= 15 is 0 Å². The van der Waals surface area contributed by atoms with Crippen LogP contribution in [0.25, 0.3) is 0 Å². The normalized spacial score (nSPS) is 36.4. The number of hydrogen-bond acceptors (Lipinski definition) is 1. The summed E-state index contributed by atoms with van der Waals surface area (Å²) in [5.74, 6) is 2.40. The first-order valence-corrected chi connectivity index (χ1v) is 6.68. The number of rotatable bonds is 0. The van der Waals surface area contributed by atoms with Gasteiger partial charge in [0.15, 0.2) is 0 Å². The summed E-state index contributed by atoms with van der Waals surface area (Å²) in [6.45, 7) is 4.00. The molecule has 0 bridgehead atoms. The Kier molecular flexibility index (Phi) is 5.37. The topological polar surface area (TPSA) is 15.6 Å². The molecule has 1 aliphatic carbocycles. The third-order valence-electron chi connectivity index (χ3n) is 3.95. The first-order chi connectivity index (χ1) is 7.74. The van der Waals surface area contributed by atoms with E-state index < -0.39 is 0 Å². The van der Waals surface area contributed by atoms with Crippen molar-refractivity contribution in [3.05, 3.63) is 0 Å². The van der Waals surface area contributed by atoms with Crippen molar-refractivity contribution >= 4 is 13.7 Å². The fraction of sp³-hybridized carbons (Fsp3) is 0.923. The average Bonchev–Trinajstić information content (AvgIpc) is 2.33. The molecule has 1 saturated carbocycles. The fourth-order valence-electron chi connectivity index (χ4n) is 3.10. The quantitative estimate of drug-likeness (QED) is 0.573. The minimum Gasteiger partial charge on any atom is -0.360 e. The molecule has 2 rings (SSSR count). The van der Waals surface area contributed by atoms with Gasteiger partial charge in [0, 0.05) is 26.6 Å². The summed E-state index contributed by atoms with van der Waals surface area (Å²) < 4.78 is 0. The van der Waals surface area contributed by atoms with Gasteiger partial charge in [0.1, 0.15) is 0 Å². The van der Waals surface area contributed by atoms with Crippen molar-refractivity contribution in [2.45, 2.75) is 57.8 Å². The third kappa shape index (κ3) is 2.61. The Hall–Kier alpha value is -0.465. The molecule has 0 aromatic heterocycles. The van der Waals surface area contributed by atoms with Crippen molar-refractivity contribution in [3.8, 4) is 0 Å². The first kappa shape index (κ1) is 13.6. The summed E-state index contributed by atoms with van der Waals surface area (Å²) in [7, 11) is 10.2. The Labute approximate surface area is 102 Å². The summed E-state index contributed by atoms with van der Waals surface area (Å²) in [6, 6.07) is 0.659. The fourth-order valence-corrected chi connectivity index (χ4v) is 3.10. The second-order valence-electron chi connectivity index (χ2n) is 4.62. The molecule has 90 valence electrons. The molecule has 0 N–H and O–H groups in total. The highest BCUT2D eigenvalue weighted by molar-refractivity contribution is 6.12. The highest BCUT2D eigenvalue weighted by Gasteiger charge is 2.36. The monoisotopic (exact) mass is 220 g/mol. The van der Waals surface area contributed by atoms with Crippen molar-refractivity contribution in [1.82, 2.24) is 4.90 Å². The molecule has 0 spiro atoms. The number of piperidine rings is 1. The third-order valence-corrected chi connectivity index (χ3v) is 3.95. The summed E-state index contributed by atoms with van der Waals surface area (Å²) in [6.07, 6.45) is 6.15. The lowest BCUT2D eigenvalue weighted by Crippen LogP contribution is -2.49. The van der Waals surface area contributed by atoms with E-state index in [9.17, 15) is 0 Å². The smallest absolute Gasteiger partial charge is 0.0985 e. The van der Waals surface area contributed by atoms with E-state index in [0.717, 1.165) is 6.42 Å².